The minimum absolute atomic E-state index is 0.0685. The summed E-state index contributed by atoms with van der Waals surface area (Å²) in [6.07, 6.45) is 0. The standard InChI is InChI=1S/C28H26N2O8S/c1-6-37-28(32)25-19(5)38-24-11-10-21(15-23(24)25)29(27(31)20-8-7-9-22(14-20)30(33)34)39(35,36)26-17(3)12-16(2)13-18(26)4/h7-15H,6H2,1-5H3. The van der Waals surface area contributed by atoms with Gasteiger partial charge in [0, 0.05) is 23.1 Å². The zero-order valence-corrected chi connectivity index (χ0v) is 22.8. The fraction of sp³-hybridized carbons (Fsp3) is 0.214. The summed E-state index contributed by atoms with van der Waals surface area (Å²) in [4.78, 5) is 37.2. The van der Waals surface area contributed by atoms with Crippen molar-refractivity contribution in [1.29, 1.82) is 0 Å². The molecule has 0 bridgehead atoms. The van der Waals surface area contributed by atoms with Crippen LogP contribution < -0.4 is 4.31 Å². The van der Waals surface area contributed by atoms with Gasteiger partial charge in [-0.2, -0.15) is 4.31 Å². The first-order valence-electron chi connectivity index (χ1n) is 12.0. The van der Waals surface area contributed by atoms with Crippen LogP contribution in [0.25, 0.3) is 11.0 Å². The lowest BCUT2D eigenvalue weighted by atomic mass is 10.1. The molecule has 3 aromatic carbocycles. The lowest BCUT2D eigenvalue weighted by Gasteiger charge is -2.25. The number of sulfonamides is 1. The zero-order valence-electron chi connectivity index (χ0n) is 22.0. The normalized spacial score (nSPS) is 11.4. The Hall–Kier alpha value is -4.51. The molecule has 0 N–H and O–H groups in total. The summed E-state index contributed by atoms with van der Waals surface area (Å²) in [5, 5.41) is 11.6. The molecule has 39 heavy (non-hydrogen) atoms. The highest BCUT2D eigenvalue weighted by molar-refractivity contribution is 7.93. The Morgan fingerprint density at radius 2 is 1.67 bits per heavy atom. The van der Waals surface area contributed by atoms with Crippen molar-refractivity contribution in [3.8, 4) is 0 Å². The second-order valence-electron chi connectivity index (χ2n) is 9.04. The van der Waals surface area contributed by atoms with E-state index in [9.17, 15) is 28.1 Å². The second kappa shape index (κ2) is 10.3. The highest BCUT2D eigenvalue weighted by Crippen LogP contribution is 2.35. The van der Waals surface area contributed by atoms with Crippen LogP contribution in [0.5, 0.6) is 0 Å². The van der Waals surface area contributed by atoms with Crippen molar-refractivity contribution in [2.75, 3.05) is 10.9 Å². The third kappa shape index (κ3) is 5.00. The monoisotopic (exact) mass is 550 g/mol. The molecule has 0 aliphatic carbocycles. The van der Waals surface area contributed by atoms with Crippen molar-refractivity contribution in [2.24, 2.45) is 0 Å². The molecule has 0 saturated carbocycles. The molecule has 0 radical (unpaired) electrons. The van der Waals surface area contributed by atoms with E-state index in [0.29, 0.717) is 21.0 Å². The number of carbonyl (C=O) groups is 2. The smallest absolute Gasteiger partial charge is 0.342 e. The SMILES string of the molecule is CCOC(=O)c1c(C)oc2ccc(N(C(=O)c3cccc([N+](=O)[O-])c3)S(=O)(=O)c3c(C)cc(C)cc3C)cc12. The van der Waals surface area contributed by atoms with Gasteiger partial charge in [-0.15, -0.1) is 0 Å². The van der Waals surface area contributed by atoms with Crippen molar-refractivity contribution < 1.29 is 32.1 Å². The van der Waals surface area contributed by atoms with Crippen LogP contribution in [0.2, 0.25) is 0 Å². The van der Waals surface area contributed by atoms with E-state index in [4.69, 9.17) is 9.15 Å². The molecule has 10 nitrogen and oxygen atoms in total. The minimum Gasteiger partial charge on any atom is -0.462 e. The predicted molar refractivity (Wildman–Crippen MR) is 145 cm³/mol. The van der Waals surface area contributed by atoms with Gasteiger partial charge in [-0.05, 0) is 70.0 Å². The Bertz CT molecular complexity index is 1730. The van der Waals surface area contributed by atoms with E-state index in [1.165, 1.54) is 36.4 Å². The van der Waals surface area contributed by atoms with Gasteiger partial charge in [0.2, 0.25) is 0 Å². The number of anilines is 1. The largest absolute Gasteiger partial charge is 0.462 e. The number of carbonyl (C=O) groups excluding carboxylic acids is 2. The van der Waals surface area contributed by atoms with Gasteiger partial charge in [-0.3, -0.25) is 14.9 Å². The van der Waals surface area contributed by atoms with Gasteiger partial charge in [-0.1, -0.05) is 23.8 Å². The molecule has 0 saturated heterocycles. The van der Waals surface area contributed by atoms with E-state index >= 15 is 0 Å². The molecule has 0 unspecified atom stereocenters. The molecule has 4 aromatic rings. The maximum atomic E-state index is 14.2. The lowest BCUT2D eigenvalue weighted by molar-refractivity contribution is -0.384. The van der Waals surface area contributed by atoms with E-state index < -0.39 is 26.8 Å². The van der Waals surface area contributed by atoms with E-state index in [1.54, 1.807) is 39.8 Å². The number of ether oxygens (including phenoxy) is 1. The van der Waals surface area contributed by atoms with E-state index in [1.807, 2.05) is 6.92 Å². The highest BCUT2D eigenvalue weighted by atomic mass is 32.2. The van der Waals surface area contributed by atoms with Crippen LogP contribution in [0.3, 0.4) is 0 Å². The van der Waals surface area contributed by atoms with Crippen LogP contribution in [0, 0.1) is 37.8 Å². The molecular formula is C28H26N2O8S. The average molecular weight is 551 g/mol. The Labute approximate surface area is 225 Å². The topological polar surface area (TPSA) is 137 Å². The summed E-state index contributed by atoms with van der Waals surface area (Å²) < 4.78 is 39.9. The summed E-state index contributed by atoms with van der Waals surface area (Å²) in [5.41, 5.74) is 1.45. The van der Waals surface area contributed by atoms with Gasteiger partial charge in [0.05, 0.1) is 22.1 Å². The molecule has 0 aliphatic heterocycles. The lowest BCUT2D eigenvalue weighted by Crippen LogP contribution is -2.38. The fourth-order valence-electron chi connectivity index (χ4n) is 4.69. The first kappa shape index (κ1) is 27.5. The summed E-state index contributed by atoms with van der Waals surface area (Å²) in [6.45, 7) is 8.43. The molecule has 1 amide bonds. The molecular weight excluding hydrogens is 524 g/mol. The second-order valence-corrected chi connectivity index (χ2v) is 10.8. The minimum atomic E-state index is -4.55. The van der Waals surface area contributed by atoms with Crippen LogP contribution in [0.15, 0.2) is 63.9 Å². The number of aryl methyl sites for hydroxylation is 4. The number of nitrogens with zero attached hydrogens (tertiary/aromatic N) is 2. The highest BCUT2D eigenvalue weighted by Gasteiger charge is 2.35. The number of esters is 1. The van der Waals surface area contributed by atoms with Crippen LogP contribution >= 0.6 is 0 Å². The van der Waals surface area contributed by atoms with Gasteiger partial charge in [-0.25, -0.2) is 13.2 Å². The summed E-state index contributed by atoms with van der Waals surface area (Å²) in [5.74, 6) is -1.39. The number of furan rings is 1. The molecule has 1 aromatic heterocycles. The number of amides is 1. The van der Waals surface area contributed by atoms with Crippen molar-refractivity contribution in [3.05, 3.63) is 98.3 Å². The van der Waals surface area contributed by atoms with Gasteiger partial charge >= 0.3 is 5.97 Å². The number of nitro groups is 1. The predicted octanol–water partition coefficient (Wildman–Crippen LogP) is 5.79. The Morgan fingerprint density at radius 3 is 2.28 bits per heavy atom. The van der Waals surface area contributed by atoms with Crippen LogP contribution in [-0.4, -0.2) is 31.8 Å². The first-order chi connectivity index (χ1) is 18.4. The molecule has 202 valence electrons. The summed E-state index contributed by atoms with van der Waals surface area (Å²) in [6, 6.07) is 12.4. The van der Waals surface area contributed by atoms with Gasteiger partial charge < -0.3 is 9.15 Å². The number of rotatable bonds is 7. The average Bonchev–Trinajstić information content (AvgIpc) is 3.18. The maximum absolute atomic E-state index is 14.2. The van der Waals surface area contributed by atoms with Crippen molar-refractivity contribution in [3.63, 3.8) is 0 Å². The number of non-ortho nitro benzene ring substituents is 1. The van der Waals surface area contributed by atoms with Crippen LogP contribution in [0.1, 0.15) is 50.1 Å². The molecule has 0 fully saturated rings. The molecule has 11 heteroatoms. The van der Waals surface area contributed by atoms with Crippen molar-refractivity contribution in [2.45, 2.75) is 39.5 Å². The number of hydrogen-bond donors (Lipinski definition) is 0. The van der Waals surface area contributed by atoms with Gasteiger partial charge in [0.15, 0.2) is 0 Å². The Morgan fingerprint density at radius 1 is 1.00 bits per heavy atom. The van der Waals surface area contributed by atoms with Crippen molar-refractivity contribution in [1.82, 2.24) is 0 Å². The number of hydrogen-bond acceptors (Lipinski definition) is 8. The van der Waals surface area contributed by atoms with E-state index in [2.05, 4.69) is 0 Å². The third-order valence-corrected chi connectivity index (χ3v) is 8.17. The number of fused-ring (bicyclic) bond motifs is 1. The van der Waals surface area contributed by atoms with Gasteiger partial charge in [0.1, 0.15) is 16.9 Å². The van der Waals surface area contributed by atoms with Gasteiger partial charge in [0.25, 0.3) is 21.6 Å². The van der Waals surface area contributed by atoms with Crippen molar-refractivity contribution >= 4 is 44.2 Å². The summed E-state index contributed by atoms with van der Waals surface area (Å²) in [7, 11) is -4.55. The third-order valence-electron chi connectivity index (χ3n) is 6.15. The quantitative estimate of drug-likeness (QED) is 0.160. The number of benzene rings is 3. The molecule has 0 aliphatic rings. The number of nitro benzene ring substituents is 1. The summed E-state index contributed by atoms with van der Waals surface area (Å²) >= 11 is 0. The maximum Gasteiger partial charge on any atom is 0.342 e. The molecule has 1 heterocycles. The van der Waals surface area contributed by atoms with E-state index in [-0.39, 0.29) is 45.2 Å². The molecule has 4 rings (SSSR count). The van der Waals surface area contributed by atoms with E-state index in [0.717, 1.165) is 11.6 Å². The first-order valence-corrected chi connectivity index (χ1v) is 13.4. The fourth-order valence-corrected chi connectivity index (χ4v) is 6.52. The van der Waals surface area contributed by atoms with Crippen LogP contribution in [-0.2, 0) is 14.8 Å². The zero-order chi connectivity index (χ0) is 28.6. The Balaban J connectivity index is 2.00. The molecule has 0 spiro atoms. The Kier molecular flexibility index (Phi) is 7.29. The molecule has 0 atom stereocenters. The van der Waals surface area contributed by atoms with Crippen LogP contribution in [0.4, 0.5) is 11.4 Å².